The molecule has 0 aliphatic rings. The van der Waals surface area contributed by atoms with Gasteiger partial charge in [-0.15, -0.1) is 0 Å². The van der Waals surface area contributed by atoms with E-state index >= 15 is 0 Å². The van der Waals surface area contributed by atoms with Gasteiger partial charge in [0.15, 0.2) is 0 Å². The number of hydrogen-bond acceptors (Lipinski definition) is 3. The molecular weight excluding hydrogens is 192 g/mol. The summed E-state index contributed by atoms with van der Waals surface area (Å²) in [5, 5.41) is 0. The maximum atomic E-state index is 11.4. The van der Waals surface area contributed by atoms with Gasteiger partial charge >= 0.3 is 11.9 Å². The van der Waals surface area contributed by atoms with Crippen LogP contribution in [0.25, 0.3) is 0 Å². The highest BCUT2D eigenvalue weighted by atomic mass is 16.6. The first kappa shape index (κ1) is 11.2. The number of carbonyl (C=O) groups excluding carboxylic acids is 2. The van der Waals surface area contributed by atoms with Crippen molar-refractivity contribution in [3.8, 4) is 0 Å². The average Bonchev–Trinajstić information content (AvgIpc) is 2.29. The predicted molar refractivity (Wildman–Crippen MR) is 56.3 cm³/mol. The minimum Gasteiger partial charge on any atom is -0.386 e. The van der Waals surface area contributed by atoms with Crippen LogP contribution in [0.2, 0.25) is 0 Å². The molecule has 0 atom stereocenters. The Morgan fingerprint density at radius 1 is 1.20 bits per heavy atom. The SMILES string of the molecule is C/C=C(\C)C(=O)OC(=O)c1ccccc1. The van der Waals surface area contributed by atoms with Crippen LogP contribution in [0.4, 0.5) is 0 Å². The Kier molecular flexibility index (Phi) is 3.80. The minimum absolute atomic E-state index is 0.370. The highest BCUT2D eigenvalue weighted by Gasteiger charge is 2.12. The minimum atomic E-state index is -0.623. The lowest BCUT2D eigenvalue weighted by Gasteiger charge is -2.02. The predicted octanol–water partition coefficient (Wildman–Crippen LogP) is 2.34. The fourth-order valence-corrected chi connectivity index (χ4v) is 0.916. The number of hydrogen-bond donors (Lipinski definition) is 0. The smallest absolute Gasteiger partial charge is 0.346 e. The first-order valence-corrected chi connectivity index (χ1v) is 4.59. The molecule has 0 N–H and O–H groups in total. The lowest BCUT2D eigenvalue weighted by atomic mass is 10.2. The third-order valence-electron chi connectivity index (χ3n) is 1.95. The molecule has 1 rings (SSSR count). The molecule has 0 heterocycles. The maximum Gasteiger partial charge on any atom is 0.346 e. The van der Waals surface area contributed by atoms with E-state index in [1.807, 2.05) is 0 Å². The van der Waals surface area contributed by atoms with Crippen molar-refractivity contribution in [3.63, 3.8) is 0 Å². The molecule has 0 aromatic heterocycles. The van der Waals surface area contributed by atoms with Crippen molar-refractivity contribution < 1.29 is 14.3 Å². The highest BCUT2D eigenvalue weighted by Crippen LogP contribution is 2.04. The van der Waals surface area contributed by atoms with Crippen LogP contribution in [-0.2, 0) is 9.53 Å². The van der Waals surface area contributed by atoms with Crippen molar-refractivity contribution in [3.05, 3.63) is 47.5 Å². The average molecular weight is 204 g/mol. The van der Waals surface area contributed by atoms with Crippen molar-refractivity contribution >= 4 is 11.9 Å². The standard InChI is InChI=1S/C12H12O3/c1-3-9(2)11(13)15-12(14)10-7-5-4-6-8-10/h3-8H,1-2H3/b9-3+. The monoisotopic (exact) mass is 204 g/mol. The number of allylic oxidation sites excluding steroid dienone is 1. The van der Waals surface area contributed by atoms with Gasteiger partial charge in [0.05, 0.1) is 5.56 Å². The van der Waals surface area contributed by atoms with E-state index < -0.39 is 11.9 Å². The molecule has 78 valence electrons. The second-order valence-electron chi connectivity index (χ2n) is 3.01. The van der Waals surface area contributed by atoms with Gasteiger partial charge in [0.1, 0.15) is 0 Å². The van der Waals surface area contributed by atoms with Crippen molar-refractivity contribution in [2.24, 2.45) is 0 Å². The highest BCUT2D eigenvalue weighted by molar-refractivity contribution is 6.01. The molecule has 1 aromatic rings. The first-order valence-electron chi connectivity index (χ1n) is 4.59. The second kappa shape index (κ2) is 5.10. The van der Waals surface area contributed by atoms with Crippen LogP contribution in [0.15, 0.2) is 42.0 Å². The van der Waals surface area contributed by atoms with Gasteiger partial charge in [-0.05, 0) is 26.0 Å². The van der Waals surface area contributed by atoms with Crippen LogP contribution in [0.1, 0.15) is 24.2 Å². The van der Waals surface area contributed by atoms with Crippen LogP contribution in [-0.4, -0.2) is 11.9 Å². The third kappa shape index (κ3) is 3.06. The quantitative estimate of drug-likeness (QED) is 0.422. The van der Waals surface area contributed by atoms with Crippen molar-refractivity contribution in [1.29, 1.82) is 0 Å². The molecule has 0 spiro atoms. The molecule has 0 bridgehead atoms. The fraction of sp³-hybridized carbons (Fsp3) is 0.167. The molecule has 1 aromatic carbocycles. The molecule has 3 heteroatoms. The zero-order valence-electron chi connectivity index (χ0n) is 8.69. The summed E-state index contributed by atoms with van der Waals surface area (Å²) < 4.78 is 4.64. The van der Waals surface area contributed by atoms with E-state index in [4.69, 9.17) is 0 Å². The van der Waals surface area contributed by atoms with Crippen molar-refractivity contribution in [1.82, 2.24) is 0 Å². The molecule has 0 fully saturated rings. The van der Waals surface area contributed by atoms with E-state index in [2.05, 4.69) is 4.74 Å². The van der Waals surface area contributed by atoms with Crippen LogP contribution in [0.3, 0.4) is 0 Å². The lowest BCUT2D eigenvalue weighted by molar-refractivity contribution is -0.133. The molecule has 0 amide bonds. The summed E-state index contributed by atoms with van der Waals surface area (Å²) in [5.74, 6) is -1.23. The van der Waals surface area contributed by atoms with E-state index in [0.29, 0.717) is 11.1 Å². The molecule has 3 nitrogen and oxygen atoms in total. The number of rotatable bonds is 2. The molecule has 15 heavy (non-hydrogen) atoms. The van der Waals surface area contributed by atoms with Gasteiger partial charge in [0, 0.05) is 5.57 Å². The number of esters is 2. The van der Waals surface area contributed by atoms with Gasteiger partial charge in [0.25, 0.3) is 0 Å². The second-order valence-corrected chi connectivity index (χ2v) is 3.01. The lowest BCUT2D eigenvalue weighted by Crippen LogP contribution is -2.13. The Balaban J connectivity index is 2.69. The van der Waals surface area contributed by atoms with Crippen LogP contribution in [0, 0.1) is 0 Å². The summed E-state index contributed by atoms with van der Waals surface area (Å²) in [4.78, 5) is 22.7. The summed E-state index contributed by atoms with van der Waals surface area (Å²) >= 11 is 0. The summed E-state index contributed by atoms with van der Waals surface area (Å²) in [6.45, 7) is 3.31. The van der Waals surface area contributed by atoms with E-state index in [0.717, 1.165) is 0 Å². The van der Waals surface area contributed by atoms with E-state index in [-0.39, 0.29) is 0 Å². The van der Waals surface area contributed by atoms with Crippen molar-refractivity contribution in [2.75, 3.05) is 0 Å². The largest absolute Gasteiger partial charge is 0.386 e. The number of carbonyl (C=O) groups is 2. The zero-order chi connectivity index (χ0) is 11.3. The summed E-state index contributed by atoms with van der Waals surface area (Å²) in [5.41, 5.74) is 0.786. The molecule has 0 aliphatic heterocycles. The van der Waals surface area contributed by atoms with E-state index in [9.17, 15) is 9.59 Å². The Morgan fingerprint density at radius 3 is 2.33 bits per heavy atom. The Labute approximate surface area is 88.4 Å². The van der Waals surface area contributed by atoms with Crippen LogP contribution >= 0.6 is 0 Å². The summed E-state index contributed by atoms with van der Waals surface area (Å²) in [6, 6.07) is 8.41. The maximum absolute atomic E-state index is 11.4. The number of benzene rings is 1. The van der Waals surface area contributed by atoms with Gasteiger partial charge in [-0.2, -0.15) is 0 Å². The molecular formula is C12H12O3. The van der Waals surface area contributed by atoms with Gasteiger partial charge in [-0.3, -0.25) is 0 Å². The van der Waals surface area contributed by atoms with Gasteiger partial charge < -0.3 is 4.74 Å². The Hall–Kier alpha value is -1.90. The van der Waals surface area contributed by atoms with Crippen LogP contribution < -0.4 is 0 Å². The zero-order valence-corrected chi connectivity index (χ0v) is 8.69. The summed E-state index contributed by atoms with van der Waals surface area (Å²) in [7, 11) is 0. The Morgan fingerprint density at radius 2 is 1.80 bits per heavy atom. The van der Waals surface area contributed by atoms with Gasteiger partial charge in [-0.1, -0.05) is 24.3 Å². The number of ether oxygens (including phenoxy) is 1. The molecule has 0 saturated heterocycles. The third-order valence-corrected chi connectivity index (χ3v) is 1.95. The topological polar surface area (TPSA) is 43.4 Å². The molecule has 0 unspecified atom stereocenters. The first-order chi connectivity index (χ1) is 7.15. The van der Waals surface area contributed by atoms with Crippen molar-refractivity contribution in [2.45, 2.75) is 13.8 Å². The van der Waals surface area contributed by atoms with Gasteiger partial charge in [0.2, 0.25) is 0 Å². The normalized spacial score (nSPS) is 10.9. The molecule has 0 radical (unpaired) electrons. The summed E-state index contributed by atoms with van der Waals surface area (Å²) in [6.07, 6.45) is 1.60. The molecule has 0 saturated carbocycles. The fourth-order valence-electron chi connectivity index (χ4n) is 0.916. The van der Waals surface area contributed by atoms with Crippen LogP contribution in [0.5, 0.6) is 0 Å². The van der Waals surface area contributed by atoms with E-state index in [1.165, 1.54) is 0 Å². The molecule has 0 aliphatic carbocycles. The Bertz CT molecular complexity index is 391. The van der Waals surface area contributed by atoms with E-state index in [1.54, 1.807) is 50.3 Å². The van der Waals surface area contributed by atoms with Gasteiger partial charge in [-0.25, -0.2) is 9.59 Å².